The number of benzene rings is 1. The third-order valence-electron chi connectivity index (χ3n) is 2.30. The van der Waals surface area contributed by atoms with Crippen molar-refractivity contribution in [2.75, 3.05) is 11.8 Å². The van der Waals surface area contributed by atoms with Gasteiger partial charge in [-0.1, -0.05) is 12.1 Å². The molecule has 20 heavy (non-hydrogen) atoms. The molecule has 2 rings (SSSR count). The first-order valence-electron chi connectivity index (χ1n) is 5.37. The van der Waals surface area contributed by atoms with Crippen LogP contribution in [0.5, 0.6) is 0 Å². The highest BCUT2D eigenvalue weighted by Gasteiger charge is 2.23. The summed E-state index contributed by atoms with van der Waals surface area (Å²) in [6, 6.07) is 5.67. The highest BCUT2D eigenvalue weighted by Crippen LogP contribution is 2.18. The predicted molar refractivity (Wildman–Crippen MR) is 68.4 cm³/mol. The predicted octanol–water partition coefficient (Wildman–Crippen LogP) is 0.459. The van der Waals surface area contributed by atoms with Gasteiger partial charge < -0.3 is 4.74 Å². The average molecular weight is 294 g/mol. The van der Waals surface area contributed by atoms with E-state index in [0.717, 1.165) is 12.7 Å². The van der Waals surface area contributed by atoms with E-state index in [1.807, 2.05) is 0 Å². The van der Waals surface area contributed by atoms with Crippen LogP contribution in [-0.4, -0.2) is 36.4 Å². The quantitative estimate of drug-likeness (QED) is 0.815. The lowest BCUT2D eigenvalue weighted by atomic mass is 10.2. The molecule has 0 radical (unpaired) electrons. The molecule has 1 aromatic heterocycles. The molecule has 0 saturated carbocycles. The topological polar surface area (TPSA) is 111 Å². The van der Waals surface area contributed by atoms with Crippen LogP contribution in [0.25, 0.3) is 0 Å². The van der Waals surface area contributed by atoms with E-state index in [1.54, 1.807) is 0 Å². The van der Waals surface area contributed by atoms with Gasteiger partial charge in [-0.2, -0.15) is 0 Å². The summed E-state index contributed by atoms with van der Waals surface area (Å²) in [4.78, 5) is 22.2. The number of ether oxygens (including phenoxy) is 1. The summed E-state index contributed by atoms with van der Waals surface area (Å²) >= 11 is 0. The monoisotopic (exact) mass is 294 g/mol. The Balaban J connectivity index is 2.42. The minimum Gasteiger partial charge on any atom is -0.465 e. The van der Waals surface area contributed by atoms with Gasteiger partial charge in [-0.25, -0.2) is 32.9 Å². The molecule has 0 atom stereocenters. The fourth-order valence-corrected chi connectivity index (χ4v) is 2.60. The van der Waals surface area contributed by atoms with E-state index >= 15 is 0 Å². The molecule has 0 fully saturated rings. The van der Waals surface area contributed by atoms with Crippen molar-refractivity contribution in [2.45, 2.75) is 4.90 Å². The van der Waals surface area contributed by atoms with Crippen LogP contribution in [0.1, 0.15) is 10.4 Å². The van der Waals surface area contributed by atoms with Gasteiger partial charge in [-0.15, -0.1) is 0 Å². The van der Waals surface area contributed by atoms with Crippen LogP contribution in [0.3, 0.4) is 0 Å². The summed E-state index contributed by atoms with van der Waals surface area (Å²) in [5.41, 5.74) is -0.0726. The van der Waals surface area contributed by atoms with Gasteiger partial charge >= 0.3 is 5.97 Å². The maximum Gasteiger partial charge on any atom is 0.339 e. The number of nitrogens with one attached hydrogen (secondary N) is 1. The molecule has 0 bridgehead atoms. The average Bonchev–Trinajstić information content (AvgIpc) is 2.47. The molecular weight excluding hydrogens is 284 g/mol. The Labute approximate surface area is 114 Å². The van der Waals surface area contributed by atoms with Gasteiger partial charge in [-0.3, -0.25) is 0 Å². The van der Waals surface area contributed by atoms with Crippen LogP contribution in [0, 0.1) is 0 Å². The van der Waals surface area contributed by atoms with Crippen molar-refractivity contribution in [3.8, 4) is 0 Å². The van der Waals surface area contributed by atoms with Gasteiger partial charge in [0.15, 0.2) is 0 Å². The maximum atomic E-state index is 12.2. The summed E-state index contributed by atoms with van der Waals surface area (Å²) in [5.74, 6) is -0.888. The second-order valence-corrected chi connectivity index (χ2v) is 5.21. The fourth-order valence-electron chi connectivity index (χ4n) is 1.45. The van der Waals surface area contributed by atoms with Crippen molar-refractivity contribution < 1.29 is 17.9 Å². The molecule has 104 valence electrons. The molecule has 0 spiro atoms. The Morgan fingerprint density at radius 2 is 1.85 bits per heavy atom. The summed E-state index contributed by atoms with van der Waals surface area (Å²) in [6.45, 7) is 0. The highest BCUT2D eigenvalue weighted by atomic mass is 32.2. The van der Waals surface area contributed by atoms with Crippen molar-refractivity contribution >= 4 is 21.9 Å². The number of carbonyl (C=O) groups excluding carboxylic acids is 1. The first-order valence-corrected chi connectivity index (χ1v) is 6.85. The van der Waals surface area contributed by atoms with Crippen molar-refractivity contribution in [1.29, 1.82) is 0 Å². The number of carbonyl (C=O) groups is 1. The molecule has 8 nitrogen and oxygen atoms in total. The molecule has 0 amide bonds. The van der Waals surface area contributed by atoms with E-state index in [2.05, 4.69) is 24.4 Å². The molecule has 9 heteroatoms. The number of methoxy groups -OCH3 is 1. The van der Waals surface area contributed by atoms with Crippen LogP contribution in [0.2, 0.25) is 0 Å². The number of hydrogen-bond acceptors (Lipinski definition) is 7. The molecular formula is C11H10N4O4S. The molecule has 0 saturated heterocycles. The third-order valence-corrected chi connectivity index (χ3v) is 3.69. The summed E-state index contributed by atoms with van der Waals surface area (Å²) in [6.07, 6.45) is 2.30. The molecule has 0 unspecified atom stereocenters. The molecule has 1 aromatic carbocycles. The Morgan fingerprint density at radius 1 is 1.20 bits per heavy atom. The van der Waals surface area contributed by atoms with Crippen LogP contribution >= 0.6 is 0 Å². The number of esters is 1. The number of aromatic nitrogens is 3. The highest BCUT2D eigenvalue weighted by molar-refractivity contribution is 7.92. The van der Waals surface area contributed by atoms with Gasteiger partial charge in [0.25, 0.3) is 10.0 Å². The minimum atomic E-state index is -4.00. The Bertz CT molecular complexity index is 718. The molecule has 0 aliphatic heterocycles. The van der Waals surface area contributed by atoms with Crippen LogP contribution in [-0.2, 0) is 14.8 Å². The second kappa shape index (κ2) is 5.61. The first-order chi connectivity index (χ1) is 9.54. The van der Waals surface area contributed by atoms with Crippen LogP contribution < -0.4 is 4.72 Å². The number of sulfonamides is 1. The molecule has 1 N–H and O–H groups in total. The zero-order valence-corrected chi connectivity index (χ0v) is 11.2. The number of hydrogen-bond donors (Lipinski definition) is 1. The Morgan fingerprint density at radius 3 is 2.50 bits per heavy atom. The lowest BCUT2D eigenvalue weighted by molar-refractivity contribution is 0.0596. The number of rotatable bonds is 4. The SMILES string of the molecule is COC(=O)c1ccccc1S(=O)(=O)Nc1ncncn1. The van der Waals surface area contributed by atoms with Crippen molar-refractivity contribution in [3.05, 3.63) is 42.5 Å². The summed E-state index contributed by atoms with van der Waals surface area (Å²) in [7, 11) is -2.83. The van der Waals surface area contributed by atoms with E-state index in [1.165, 1.54) is 31.4 Å². The van der Waals surface area contributed by atoms with E-state index in [4.69, 9.17) is 0 Å². The first kappa shape index (κ1) is 13.9. The number of anilines is 1. The van der Waals surface area contributed by atoms with E-state index < -0.39 is 16.0 Å². The minimum absolute atomic E-state index is 0.0726. The Hall–Kier alpha value is -2.55. The third kappa shape index (κ3) is 2.88. The van der Waals surface area contributed by atoms with Gasteiger partial charge in [0, 0.05) is 0 Å². The standard InChI is InChI=1S/C11H10N4O4S/c1-19-10(16)8-4-2-3-5-9(8)20(17,18)15-11-13-6-12-7-14-11/h2-7H,1H3,(H,12,13,14,15). The number of nitrogens with zero attached hydrogens (tertiary/aromatic N) is 3. The van der Waals surface area contributed by atoms with Crippen molar-refractivity contribution in [3.63, 3.8) is 0 Å². The molecule has 0 aliphatic rings. The van der Waals surface area contributed by atoms with Gasteiger partial charge in [0.2, 0.25) is 5.95 Å². The summed E-state index contributed by atoms with van der Waals surface area (Å²) in [5, 5.41) is 0. The maximum absolute atomic E-state index is 12.2. The van der Waals surface area contributed by atoms with E-state index in [9.17, 15) is 13.2 Å². The van der Waals surface area contributed by atoms with Crippen LogP contribution in [0.4, 0.5) is 5.95 Å². The Kier molecular flexibility index (Phi) is 3.89. The molecule has 1 heterocycles. The van der Waals surface area contributed by atoms with E-state index in [0.29, 0.717) is 0 Å². The van der Waals surface area contributed by atoms with Gasteiger partial charge in [0.1, 0.15) is 17.6 Å². The molecule has 2 aromatic rings. The zero-order valence-electron chi connectivity index (χ0n) is 10.3. The smallest absolute Gasteiger partial charge is 0.339 e. The molecule has 0 aliphatic carbocycles. The van der Waals surface area contributed by atoms with Gasteiger partial charge in [-0.05, 0) is 12.1 Å². The van der Waals surface area contributed by atoms with Crippen molar-refractivity contribution in [1.82, 2.24) is 15.0 Å². The summed E-state index contributed by atoms with van der Waals surface area (Å²) < 4.78 is 31.2. The zero-order chi connectivity index (χ0) is 14.6. The lowest BCUT2D eigenvalue weighted by Crippen LogP contribution is -2.18. The fraction of sp³-hybridized carbons (Fsp3) is 0.0909. The normalized spacial score (nSPS) is 10.8. The van der Waals surface area contributed by atoms with Crippen molar-refractivity contribution in [2.24, 2.45) is 0 Å². The van der Waals surface area contributed by atoms with Crippen LogP contribution in [0.15, 0.2) is 41.8 Å². The largest absolute Gasteiger partial charge is 0.465 e. The van der Waals surface area contributed by atoms with Gasteiger partial charge in [0.05, 0.1) is 12.7 Å². The second-order valence-electron chi connectivity index (χ2n) is 3.56. The lowest BCUT2D eigenvalue weighted by Gasteiger charge is -2.09. The van der Waals surface area contributed by atoms with E-state index in [-0.39, 0.29) is 16.4 Å².